The van der Waals surface area contributed by atoms with Gasteiger partial charge in [-0.05, 0) is 71.9 Å². The molecular formula is C26H27N5OS. The second kappa shape index (κ2) is 8.80. The van der Waals surface area contributed by atoms with E-state index in [9.17, 15) is 10.1 Å². The summed E-state index contributed by atoms with van der Waals surface area (Å²) >= 11 is 1.72. The van der Waals surface area contributed by atoms with Gasteiger partial charge in [0.15, 0.2) is 5.65 Å². The van der Waals surface area contributed by atoms with Crippen molar-refractivity contribution in [3.05, 3.63) is 63.5 Å². The molecule has 0 atom stereocenters. The molecule has 0 radical (unpaired) electrons. The zero-order chi connectivity index (χ0) is 23.9. The summed E-state index contributed by atoms with van der Waals surface area (Å²) in [6.07, 6.45) is 1.73. The molecule has 0 saturated heterocycles. The molecule has 0 N–H and O–H groups in total. The highest BCUT2D eigenvalue weighted by molar-refractivity contribution is 7.12. The first-order valence-electron chi connectivity index (χ1n) is 11.0. The number of benzene rings is 1. The lowest BCUT2D eigenvalue weighted by atomic mass is 10.0. The molecule has 0 saturated carbocycles. The molecule has 0 aliphatic rings. The van der Waals surface area contributed by atoms with Crippen LogP contribution in [0.2, 0.25) is 0 Å². The fourth-order valence-electron chi connectivity index (χ4n) is 4.10. The largest absolute Gasteiger partial charge is 0.306 e. The number of nitriles is 1. The summed E-state index contributed by atoms with van der Waals surface area (Å²) < 4.78 is 1.86. The van der Waals surface area contributed by atoms with Gasteiger partial charge in [0.25, 0.3) is 5.91 Å². The van der Waals surface area contributed by atoms with Crippen LogP contribution in [-0.2, 0) is 0 Å². The third kappa shape index (κ3) is 4.14. The van der Waals surface area contributed by atoms with Crippen LogP contribution in [0, 0.1) is 25.2 Å². The van der Waals surface area contributed by atoms with Crippen LogP contribution >= 0.6 is 11.3 Å². The highest BCUT2D eigenvalue weighted by Gasteiger charge is 2.26. The highest BCUT2D eigenvalue weighted by atomic mass is 32.1. The summed E-state index contributed by atoms with van der Waals surface area (Å²) in [5.41, 5.74) is 4.27. The Bertz CT molecular complexity index is 1390. The molecule has 4 aromatic rings. The number of hydrogen-bond acceptors (Lipinski definition) is 5. The van der Waals surface area contributed by atoms with E-state index in [0.29, 0.717) is 22.5 Å². The minimum Gasteiger partial charge on any atom is -0.306 e. The fourth-order valence-corrected chi connectivity index (χ4v) is 5.03. The SMILES string of the molecule is Cc1cc(-c2cc(C(=O)N(c3cccc(C#N)c3)C(C)C)c3cnn(C(C)C)c3n2)c(C)s1. The van der Waals surface area contributed by atoms with Crippen molar-refractivity contribution in [2.24, 2.45) is 0 Å². The Morgan fingerprint density at radius 1 is 1.15 bits per heavy atom. The number of aryl methyl sites for hydroxylation is 2. The molecule has 0 bridgehead atoms. The molecule has 0 aliphatic carbocycles. The van der Waals surface area contributed by atoms with Crippen molar-refractivity contribution in [1.82, 2.24) is 14.8 Å². The third-order valence-electron chi connectivity index (χ3n) is 5.59. The van der Waals surface area contributed by atoms with Crippen molar-refractivity contribution >= 4 is 34.0 Å². The molecule has 33 heavy (non-hydrogen) atoms. The smallest absolute Gasteiger partial charge is 0.259 e. The quantitative estimate of drug-likeness (QED) is 0.353. The minimum atomic E-state index is -0.137. The molecule has 168 valence electrons. The van der Waals surface area contributed by atoms with E-state index in [0.717, 1.165) is 21.5 Å². The van der Waals surface area contributed by atoms with Gasteiger partial charge in [-0.2, -0.15) is 10.4 Å². The maximum Gasteiger partial charge on any atom is 0.259 e. The van der Waals surface area contributed by atoms with Crippen molar-refractivity contribution < 1.29 is 4.79 Å². The molecule has 3 aromatic heterocycles. The lowest BCUT2D eigenvalue weighted by Gasteiger charge is -2.27. The monoisotopic (exact) mass is 457 g/mol. The summed E-state index contributed by atoms with van der Waals surface area (Å²) in [6, 6.07) is 13.3. The Morgan fingerprint density at radius 3 is 2.52 bits per heavy atom. The van der Waals surface area contributed by atoms with Crippen molar-refractivity contribution in [1.29, 1.82) is 5.26 Å². The van der Waals surface area contributed by atoms with E-state index in [1.165, 1.54) is 4.88 Å². The van der Waals surface area contributed by atoms with Crippen molar-refractivity contribution in [2.75, 3.05) is 4.90 Å². The second-order valence-electron chi connectivity index (χ2n) is 8.73. The molecule has 0 fully saturated rings. The third-order valence-corrected chi connectivity index (χ3v) is 6.56. The normalized spacial score (nSPS) is 11.4. The number of aromatic nitrogens is 3. The van der Waals surface area contributed by atoms with Gasteiger partial charge < -0.3 is 4.90 Å². The van der Waals surface area contributed by atoms with E-state index in [-0.39, 0.29) is 18.0 Å². The van der Waals surface area contributed by atoms with E-state index >= 15 is 0 Å². The van der Waals surface area contributed by atoms with Crippen LogP contribution in [0.3, 0.4) is 0 Å². The number of thiophene rings is 1. The van der Waals surface area contributed by atoms with Crippen LogP contribution in [0.1, 0.15) is 59.4 Å². The van der Waals surface area contributed by atoms with Crippen molar-refractivity contribution in [3.8, 4) is 17.3 Å². The minimum absolute atomic E-state index is 0.104. The summed E-state index contributed by atoms with van der Waals surface area (Å²) in [4.78, 5) is 23.1. The number of anilines is 1. The molecule has 7 heteroatoms. The molecule has 3 heterocycles. The topological polar surface area (TPSA) is 74.8 Å². The number of carbonyl (C=O) groups excluding carboxylic acids is 1. The first-order chi connectivity index (χ1) is 15.7. The van der Waals surface area contributed by atoms with Crippen LogP contribution in [0.5, 0.6) is 0 Å². The van der Waals surface area contributed by atoms with Crippen molar-refractivity contribution in [3.63, 3.8) is 0 Å². The predicted octanol–water partition coefficient (Wildman–Crippen LogP) is 6.28. The van der Waals surface area contributed by atoms with E-state index in [4.69, 9.17) is 4.98 Å². The Kier molecular flexibility index (Phi) is 6.05. The van der Waals surface area contributed by atoms with Crippen LogP contribution < -0.4 is 4.90 Å². The molecule has 0 unspecified atom stereocenters. The molecule has 6 nitrogen and oxygen atoms in total. The zero-order valence-electron chi connectivity index (χ0n) is 19.7. The summed E-state index contributed by atoms with van der Waals surface area (Å²) in [6.45, 7) is 12.2. The van der Waals surface area contributed by atoms with Gasteiger partial charge in [-0.15, -0.1) is 11.3 Å². The zero-order valence-corrected chi connectivity index (χ0v) is 20.6. The second-order valence-corrected chi connectivity index (χ2v) is 10.2. The van der Waals surface area contributed by atoms with Gasteiger partial charge in [0.05, 0.1) is 34.5 Å². The average Bonchev–Trinajstić information content (AvgIpc) is 3.35. The lowest BCUT2D eigenvalue weighted by Crippen LogP contribution is -2.37. The number of hydrogen-bond donors (Lipinski definition) is 0. The number of fused-ring (bicyclic) bond motifs is 1. The first-order valence-corrected chi connectivity index (χ1v) is 11.8. The summed E-state index contributed by atoms with van der Waals surface area (Å²) in [5.74, 6) is -0.137. The van der Waals surface area contributed by atoms with Gasteiger partial charge >= 0.3 is 0 Å². The van der Waals surface area contributed by atoms with Gasteiger partial charge in [-0.3, -0.25) is 4.79 Å². The highest BCUT2D eigenvalue weighted by Crippen LogP contribution is 2.34. The maximum absolute atomic E-state index is 14.0. The number of amides is 1. The number of rotatable bonds is 5. The van der Waals surface area contributed by atoms with E-state index in [1.807, 2.05) is 30.7 Å². The fraction of sp³-hybridized carbons (Fsp3) is 0.308. The molecular weight excluding hydrogens is 430 g/mol. The van der Waals surface area contributed by atoms with Crippen LogP contribution in [0.15, 0.2) is 42.6 Å². The number of pyridine rings is 1. The van der Waals surface area contributed by atoms with Gasteiger partial charge in [-0.1, -0.05) is 6.07 Å². The van der Waals surface area contributed by atoms with Crippen LogP contribution in [0.4, 0.5) is 5.69 Å². The first kappa shape index (κ1) is 22.7. The van der Waals surface area contributed by atoms with E-state index in [1.54, 1.807) is 40.6 Å². The number of carbonyl (C=O) groups is 1. The van der Waals surface area contributed by atoms with E-state index < -0.39 is 0 Å². The molecule has 0 spiro atoms. The van der Waals surface area contributed by atoms with Gasteiger partial charge in [0, 0.05) is 33.1 Å². The molecule has 4 rings (SSSR count). The molecule has 0 aliphatic heterocycles. The Hall–Kier alpha value is -3.50. The average molecular weight is 458 g/mol. The lowest BCUT2D eigenvalue weighted by molar-refractivity contribution is 0.0982. The van der Waals surface area contributed by atoms with Gasteiger partial charge in [0.1, 0.15) is 0 Å². The van der Waals surface area contributed by atoms with Gasteiger partial charge in [0.2, 0.25) is 0 Å². The predicted molar refractivity (Wildman–Crippen MR) is 134 cm³/mol. The Labute approximate surface area is 198 Å². The molecule has 1 amide bonds. The number of nitrogens with zero attached hydrogens (tertiary/aromatic N) is 5. The maximum atomic E-state index is 14.0. The molecule has 1 aromatic carbocycles. The standard InChI is InChI=1S/C26H27N5OS/c1-15(2)30(20-9-7-8-19(11-20)13-27)26(32)22-12-24(21-10-17(5)33-18(21)6)29-25-23(22)14-28-31(25)16(3)4/h7-12,14-16H,1-6H3. The van der Waals surface area contributed by atoms with Crippen molar-refractivity contribution in [2.45, 2.75) is 53.6 Å². The van der Waals surface area contributed by atoms with Crippen LogP contribution in [0.25, 0.3) is 22.3 Å². The van der Waals surface area contributed by atoms with Gasteiger partial charge in [-0.25, -0.2) is 9.67 Å². The Morgan fingerprint density at radius 2 is 1.91 bits per heavy atom. The summed E-state index contributed by atoms with van der Waals surface area (Å²) in [5, 5.41) is 14.6. The van der Waals surface area contributed by atoms with E-state index in [2.05, 4.69) is 44.9 Å². The van der Waals surface area contributed by atoms with Crippen LogP contribution in [-0.4, -0.2) is 26.7 Å². The Balaban J connectivity index is 1.95. The summed E-state index contributed by atoms with van der Waals surface area (Å²) in [7, 11) is 0.